The highest BCUT2D eigenvalue weighted by molar-refractivity contribution is 7.94. The first-order valence-electron chi connectivity index (χ1n) is 23.8. The first-order chi connectivity index (χ1) is 43.4. The van der Waals surface area contributed by atoms with Gasteiger partial charge in [0.15, 0.2) is 22.9 Å². The van der Waals surface area contributed by atoms with Crippen molar-refractivity contribution < 1.29 is 127 Å². The van der Waals surface area contributed by atoms with E-state index in [2.05, 4.69) is 50.3 Å². The van der Waals surface area contributed by atoms with Crippen molar-refractivity contribution in [1.82, 2.24) is 9.78 Å². The van der Waals surface area contributed by atoms with Gasteiger partial charge in [-0.15, -0.1) is 35.0 Å². The van der Waals surface area contributed by atoms with E-state index in [4.69, 9.17) is 11.0 Å². The number of nitrogens with two attached hydrogens (primary N) is 1. The van der Waals surface area contributed by atoms with Gasteiger partial charge in [-0.3, -0.25) is 47.3 Å². The molecule has 0 amide bonds. The molecule has 0 saturated carbocycles. The number of aromatic nitrogens is 2. The van der Waals surface area contributed by atoms with Crippen molar-refractivity contribution in [3.8, 4) is 17.2 Å². The van der Waals surface area contributed by atoms with E-state index in [-0.39, 0.29) is 16.7 Å². The molecule has 0 aliphatic carbocycles. The lowest BCUT2D eigenvalue weighted by molar-refractivity contribution is -0.432. The number of aryl methyl sites for hydroxylation is 1. The number of nitro groups is 1. The molecule has 49 heteroatoms. The number of non-ortho nitro benzene ring substituents is 1. The minimum absolute atomic E-state index is 0.0630. The zero-order valence-corrected chi connectivity index (χ0v) is 51.4. The third-order valence-electron chi connectivity index (χ3n) is 12.1. The van der Waals surface area contributed by atoms with E-state index in [9.17, 15) is 123 Å². The smallest absolute Gasteiger partial charge is 0.356 e. The molecule has 0 atom stereocenters. The summed E-state index contributed by atoms with van der Waals surface area (Å²) in [5, 5.41) is 92.8. The Kier molecular flexibility index (Phi) is 20.1. The number of phenolic OH excluding ortho intramolecular Hbond substituents is 2. The second kappa shape index (κ2) is 26.5. The molecule has 0 aliphatic heterocycles. The average molecular weight is 1450 g/mol. The molecule has 0 radical (unpaired) electrons. The van der Waals surface area contributed by atoms with E-state index in [0.717, 1.165) is 49.5 Å². The van der Waals surface area contributed by atoms with Crippen LogP contribution in [0.5, 0.6) is 11.5 Å². The Hall–Kier alpha value is -10.1. The van der Waals surface area contributed by atoms with Gasteiger partial charge in [0, 0.05) is 35.3 Å². The van der Waals surface area contributed by atoms with Gasteiger partial charge < -0.3 is 26.2 Å². The summed E-state index contributed by atoms with van der Waals surface area (Å²) < 4.78 is 208. The highest BCUT2D eigenvalue weighted by Gasteiger charge is 2.31. The fourth-order valence-corrected chi connectivity index (χ4v) is 12.7. The van der Waals surface area contributed by atoms with E-state index in [1.54, 1.807) is 0 Å². The molecule has 7 aromatic carbocycles. The summed E-state index contributed by atoms with van der Waals surface area (Å²) in [5.74, 6) is -5.61. The zero-order valence-electron chi connectivity index (χ0n) is 45.7. The van der Waals surface area contributed by atoms with Gasteiger partial charge in [0.05, 0.1) is 49.1 Å². The number of aromatic carboxylic acids is 2. The lowest BCUT2D eigenvalue weighted by Crippen LogP contribution is -2.18. The van der Waals surface area contributed by atoms with Crippen LogP contribution in [0, 0.1) is 17.0 Å². The fourth-order valence-electron chi connectivity index (χ4n) is 8.15. The second-order valence-corrected chi connectivity index (χ2v) is 27.1. The fraction of sp³-hybridized carbons (Fsp3) is 0.0444. The van der Waals surface area contributed by atoms with Crippen LogP contribution >= 0.6 is 12.0 Å². The molecule has 496 valence electrons. The number of nitrogens with zero attached hydrogens (tertiary/aromatic N) is 10. The monoisotopic (exact) mass is 1450 g/mol. The number of hydrogen-bond acceptors (Lipinski definition) is 32. The van der Waals surface area contributed by atoms with Gasteiger partial charge in [0.2, 0.25) is 0 Å². The van der Waals surface area contributed by atoms with Crippen molar-refractivity contribution in [2.45, 2.75) is 41.2 Å². The Morgan fingerprint density at radius 1 is 0.585 bits per heavy atom. The van der Waals surface area contributed by atoms with E-state index >= 15 is 0 Å². The van der Waals surface area contributed by atoms with Gasteiger partial charge in [-0.05, 0) is 79.2 Å². The van der Waals surface area contributed by atoms with Gasteiger partial charge in [0.1, 0.15) is 58.6 Å². The maximum atomic E-state index is 13.0. The number of carbonyl (C=O) groups is 2. The van der Waals surface area contributed by atoms with Crippen molar-refractivity contribution in [2.24, 2.45) is 40.9 Å². The summed E-state index contributed by atoms with van der Waals surface area (Å²) in [7, 11) is -29.8. The lowest BCUT2D eigenvalue weighted by Gasteiger charge is -2.15. The molecule has 0 aliphatic rings. The third-order valence-corrected chi connectivity index (χ3v) is 18.0. The molecule has 8 rings (SSSR count). The number of aromatic hydroxyl groups is 2. The molecule has 8 aromatic rings. The number of azo groups is 4. The van der Waals surface area contributed by atoms with Crippen LogP contribution in [-0.2, 0) is 70.1 Å². The molecule has 42 nitrogen and oxygen atoms in total. The van der Waals surface area contributed by atoms with Crippen molar-refractivity contribution in [1.29, 1.82) is 0 Å². The molecule has 94 heavy (non-hydrogen) atoms. The summed E-state index contributed by atoms with van der Waals surface area (Å²) in [5.41, 5.74) is -3.81. The number of carboxylic acid groups (broad SMARTS) is 2. The van der Waals surface area contributed by atoms with Gasteiger partial charge in [-0.25, -0.2) is 19.5 Å². The number of phenols is 2. The maximum absolute atomic E-state index is 13.0. The first kappa shape index (κ1) is 71.3. The molecule has 0 unspecified atom stereocenters. The summed E-state index contributed by atoms with van der Waals surface area (Å²) in [6.07, 6.45) is 0. The van der Waals surface area contributed by atoms with Crippen LogP contribution in [0.1, 0.15) is 26.4 Å². The van der Waals surface area contributed by atoms with E-state index in [1.807, 2.05) is 5.10 Å². The summed E-state index contributed by atoms with van der Waals surface area (Å²) >= 11 is 0.0630. The van der Waals surface area contributed by atoms with Crippen LogP contribution in [0.25, 0.3) is 27.2 Å². The number of nitro benzene ring substituents is 1. The first-order valence-corrected chi connectivity index (χ1v) is 33.1. The number of anilines is 1. The van der Waals surface area contributed by atoms with Crippen molar-refractivity contribution in [3.05, 3.63) is 122 Å². The molecule has 1 aromatic heterocycles. The molecule has 0 bridgehead atoms. The second-order valence-electron chi connectivity index (χ2n) is 18.0. The van der Waals surface area contributed by atoms with Crippen molar-refractivity contribution in [2.75, 3.05) is 12.8 Å². The zero-order chi connectivity index (χ0) is 70.3. The molecule has 14 N–H and O–H groups in total. The van der Waals surface area contributed by atoms with Crippen molar-refractivity contribution in [3.63, 3.8) is 0 Å². The van der Waals surface area contributed by atoms with E-state index < -0.39 is 219 Å². The Morgan fingerprint density at radius 2 is 1.16 bits per heavy atom. The standard InChI is InChI=1S/C28H20N8O18S4.C17H14N4O12S3/c1-30-34-24-20(57(47,48)49)8-12-11(25(24)37)3-5-16(27(12)58(50,51)52)32-33-17-9-19(56(44,45)46)14-7-18(55-54-53-43)23(26(38)21(14)22(17)29)35-31-15-4-2-10(36(41)42)6-13(15)28(39)40;1-8-2-4-10(13(6-8)36(31,32)33)18-19-14-15(17(23)24)20-21(16(14)22)11-7-9(34(25,26)27)3-5-12(11)35(28,29)30/h2-9,37-38,43H,29H2,1H3,(H,39,40)(H,44,45,46)(H,47,48,49)(H,50,51,52);2-7,20H,1H3,(H,23,24)(H,25,26,27)(H,28,29,30)(H,31,32,33). The summed E-state index contributed by atoms with van der Waals surface area (Å²) in [4.78, 5) is 40.2. The van der Waals surface area contributed by atoms with Crippen LogP contribution in [0.4, 0.5) is 51.2 Å². The SMILES string of the molecule is CN=Nc1c(S(=O)(=O)O)cc2c(S(=O)(=O)O)c(N=Nc3cc(S(=O)(=O)O)c4cc(SOOO)c(N=Nc5ccc([N+](=O)[O-])cc5C(=O)O)c(O)c4c3N)ccc2c1O.Cc1ccc(N=Nc2c(C(=O)O)[nH]n(-c3cc(S(=O)(=O)O)ccc3S(=O)(=O)O)c2=O)c(S(=O)(=O)O)c1. The molecule has 0 saturated heterocycles. The Balaban J connectivity index is 0.000000297. The van der Waals surface area contributed by atoms with Gasteiger partial charge >= 0.3 is 11.9 Å². The predicted molar refractivity (Wildman–Crippen MR) is 313 cm³/mol. The number of carboxylic acids is 2. The number of nitrogens with one attached hydrogen (secondary N) is 1. The summed E-state index contributed by atoms with van der Waals surface area (Å²) in [6, 6.07) is 11.3. The number of nitrogen functional groups attached to an aromatic ring is 1. The molecular weight excluding hydrogens is 1410 g/mol. The third kappa shape index (κ3) is 15.2. The van der Waals surface area contributed by atoms with Crippen LogP contribution in [0.15, 0.2) is 165 Å². The van der Waals surface area contributed by atoms with Gasteiger partial charge in [-0.1, -0.05) is 11.1 Å². The summed E-state index contributed by atoms with van der Waals surface area (Å²) in [6.45, 7) is 1.50. The van der Waals surface area contributed by atoms with Crippen LogP contribution in [0.2, 0.25) is 0 Å². The average Bonchev–Trinajstić information content (AvgIpc) is 0.878. The van der Waals surface area contributed by atoms with Gasteiger partial charge in [0.25, 0.3) is 72.0 Å². The Morgan fingerprint density at radius 3 is 1.71 bits per heavy atom. The number of aromatic amines is 1. The topological polar surface area (TPSA) is 686 Å². The van der Waals surface area contributed by atoms with Crippen LogP contribution in [-0.4, -0.2) is 137 Å². The molecule has 0 spiro atoms. The van der Waals surface area contributed by atoms with E-state index in [1.165, 1.54) is 13.0 Å². The van der Waals surface area contributed by atoms with Crippen LogP contribution in [0.3, 0.4) is 0 Å². The molecule has 1 heterocycles. The van der Waals surface area contributed by atoms with Crippen LogP contribution < -0.4 is 11.3 Å². The number of H-pyrrole nitrogens is 1. The number of fused-ring (bicyclic) bond motifs is 2. The molecular formula is C45H34N12O30S7. The Labute approximate surface area is 526 Å². The number of benzene rings is 7. The molecule has 0 fully saturated rings. The highest BCUT2D eigenvalue weighted by Crippen LogP contribution is 2.51. The Bertz CT molecular complexity index is 5510. The largest absolute Gasteiger partial charge is 0.505 e. The number of rotatable bonds is 20. The quantitative estimate of drug-likeness (QED) is 0.00663. The lowest BCUT2D eigenvalue weighted by atomic mass is 10.0. The number of hydrogen-bond donors (Lipinski definition) is 13. The normalized spacial score (nSPS) is 12.8. The van der Waals surface area contributed by atoms with Crippen molar-refractivity contribution >= 4 is 157 Å². The minimum Gasteiger partial charge on any atom is -0.505 e. The predicted octanol–water partition coefficient (Wildman–Crippen LogP) is 7.63. The van der Waals surface area contributed by atoms with Gasteiger partial charge in [-0.2, -0.15) is 60.7 Å². The highest BCUT2D eigenvalue weighted by atomic mass is 32.2. The van der Waals surface area contributed by atoms with E-state index in [0.29, 0.717) is 42.0 Å². The minimum atomic E-state index is -5.45. The maximum Gasteiger partial charge on any atom is 0.356 e.